The van der Waals surface area contributed by atoms with Crippen LogP contribution in [0, 0.1) is 12.3 Å². The van der Waals surface area contributed by atoms with E-state index in [2.05, 4.69) is 18.9 Å². The maximum Gasteiger partial charge on any atom is 0.161 e. The Hall–Kier alpha value is -1.62. The quantitative estimate of drug-likeness (QED) is 0.697. The number of hydrogen-bond donors (Lipinski definition) is 0. The molecule has 1 atom stereocenters. The molecule has 0 radical (unpaired) electrons. The van der Waals surface area contributed by atoms with Crippen LogP contribution in [0.4, 0.5) is 0 Å². The lowest BCUT2D eigenvalue weighted by Gasteiger charge is -2.15. The first-order chi connectivity index (χ1) is 8.26. The van der Waals surface area contributed by atoms with E-state index in [0.717, 1.165) is 24.3 Å². The van der Waals surface area contributed by atoms with Crippen LogP contribution in [0.25, 0.3) is 0 Å². The molecule has 0 N–H and O–H groups in total. The Kier molecular flexibility index (Phi) is 5.42. The van der Waals surface area contributed by atoms with Gasteiger partial charge in [-0.3, -0.25) is 0 Å². The first-order valence-corrected chi connectivity index (χ1v) is 6.00. The Labute approximate surface area is 104 Å². The lowest BCUT2D eigenvalue weighted by molar-refractivity contribution is 0.310. The number of hydrogen-bond acceptors (Lipinski definition) is 2. The third-order valence-electron chi connectivity index (χ3n) is 2.82. The molecule has 0 amide bonds. The minimum atomic E-state index is 0.393. The van der Waals surface area contributed by atoms with Crippen LogP contribution >= 0.6 is 0 Å². The lowest BCUT2D eigenvalue weighted by Crippen LogP contribution is -2.00. The smallest absolute Gasteiger partial charge is 0.161 e. The summed E-state index contributed by atoms with van der Waals surface area (Å²) in [5.74, 6) is 4.68. The molecule has 1 unspecified atom stereocenters. The second-order valence-corrected chi connectivity index (χ2v) is 3.86. The van der Waals surface area contributed by atoms with E-state index in [-0.39, 0.29) is 0 Å². The van der Waals surface area contributed by atoms with Crippen LogP contribution in [0.1, 0.15) is 38.2 Å². The van der Waals surface area contributed by atoms with Crippen molar-refractivity contribution >= 4 is 0 Å². The van der Waals surface area contributed by atoms with Crippen molar-refractivity contribution in [2.24, 2.45) is 0 Å². The molecule has 0 aliphatic heterocycles. The van der Waals surface area contributed by atoms with Crippen molar-refractivity contribution in [1.29, 1.82) is 0 Å². The molecule has 0 aliphatic rings. The van der Waals surface area contributed by atoms with Gasteiger partial charge in [0.25, 0.3) is 0 Å². The summed E-state index contributed by atoms with van der Waals surface area (Å²) in [6.07, 6.45) is 7.17. The molecule has 0 spiro atoms. The van der Waals surface area contributed by atoms with E-state index in [9.17, 15) is 0 Å². The molecule has 0 aromatic heterocycles. The molecule has 2 heteroatoms. The van der Waals surface area contributed by atoms with Crippen molar-refractivity contribution < 1.29 is 9.47 Å². The molecule has 0 fully saturated rings. The van der Waals surface area contributed by atoms with Crippen LogP contribution in [-0.2, 0) is 0 Å². The van der Waals surface area contributed by atoms with Crippen molar-refractivity contribution in [2.75, 3.05) is 13.7 Å². The van der Waals surface area contributed by atoms with E-state index < -0.39 is 0 Å². The Morgan fingerprint density at radius 3 is 2.59 bits per heavy atom. The third kappa shape index (κ3) is 3.42. The SMILES string of the molecule is C#CCC(CC)c1ccc(OCC)c(OC)c1. The molecular formula is C15H20O2. The summed E-state index contributed by atoms with van der Waals surface area (Å²) >= 11 is 0. The van der Waals surface area contributed by atoms with Gasteiger partial charge in [-0.1, -0.05) is 13.0 Å². The van der Waals surface area contributed by atoms with Gasteiger partial charge in [-0.15, -0.1) is 12.3 Å². The summed E-state index contributed by atoms with van der Waals surface area (Å²) in [6.45, 7) is 4.74. The fourth-order valence-corrected chi connectivity index (χ4v) is 1.85. The highest BCUT2D eigenvalue weighted by atomic mass is 16.5. The Morgan fingerprint density at radius 1 is 1.29 bits per heavy atom. The highest BCUT2D eigenvalue weighted by Gasteiger charge is 2.11. The van der Waals surface area contributed by atoms with Crippen LogP contribution in [0.5, 0.6) is 11.5 Å². The molecule has 0 aliphatic carbocycles. The van der Waals surface area contributed by atoms with E-state index >= 15 is 0 Å². The fourth-order valence-electron chi connectivity index (χ4n) is 1.85. The summed E-state index contributed by atoms with van der Waals surface area (Å²) in [4.78, 5) is 0. The van der Waals surface area contributed by atoms with Crippen molar-refractivity contribution in [3.8, 4) is 23.8 Å². The van der Waals surface area contributed by atoms with E-state index in [1.807, 2.05) is 19.1 Å². The molecule has 0 heterocycles. The standard InChI is InChI=1S/C15H20O2/c1-5-8-12(6-2)13-9-10-14(17-7-3)15(11-13)16-4/h1,9-12H,6-8H2,2-4H3. The van der Waals surface area contributed by atoms with Gasteiger partial charge < -0.3 is 9.47 Å². The Bertz CT molecular complexity index is 390. The summed E-state index contributed by atoms with van der Waals surface area (Å²) in [5, 5.41) is 0. The van der Waals surface area contributed by atoms with Crippen molar-refractivity contribution in [2.45, 2.75) is 32.6 Å². The van der Waals surface area contributed by atoms with Crippen LogP contribution in [0.2, 0.25) is 0 Å². The van der Waals surface area contributed by atoms with Gasteiger partial charge in [0.2, 0.25) is 0 Å². The monoisotopic (exact) mass is 232 g/mol. The van der Waals surface area contributed by atoms with Gasteiger partial charge in [-0.05, 0) is 37.0 Å². The summed E-state index contributed by atoms with van der Waals surface area (Å²) in [5.41, 5.74) is 1.21. The van der Waals surface area contributed by atoms with Gasteiger partial charge in [0.05, 0.1) is 13.7 Å². The molecule has 1 aromatic carbocycles. The number of rotatable bonds is 6. The van der Waals surface area contributed by atoms with Crippen LogP contribution in [-0.4, -0.2) is 13.7 Å². The zero-order chi connectivity index (χ0) is 12.7. The average molecular weight is 232 g/mol. The zero-order valence-electron chi connectivity index (χ0n) is 10.8. The average Bonchev–Trinajstić information content (AvgIpc) is 2.37. The minimum Gasteiger partial charge on any atom is -0.493 e. The van der Waals surface area contributed by atoms with Crippen molar-refractivity contribution in [3.05, 3.63) is 23.8 Å². The van der Waals surface area contributed by atoms with E-state index in [4.69, 9.17) is 15.9 Å². The molecule has 1 aromatic rings. The fraction of sp³-hybridized carbons (Fsp3) is 0.467. The highest BCUT2D eigenvalue weighted by Crippen LogP contribution is 2.33. The summed E-state index contributed by atoms with van der Waals surface area (Å²) in [7, 11) is 1.66. The zero-order valence-corrected chi connectivity index (χ0v) is 10.8. The van der Waals surface area contributed by atoms with Gasteiger partial charge in [-0.25, -0.2) is 0 Å². The molecule has 1 rings (SSSR count). The summed E-state index contributed by atoms with van der Waals surface area (Å²) < 4.78 is 10.8. The lowest BCUT2D eigenvalue weighted by atomic mass is 9.93. The van der Waals surface area contributed by atoms with Crippen molar-refractivity contribution in [3.63, 3.8) is 0 Å². The molecule has 92 valence electrons. The molecule has 0 bridgehead atoms. The number of methoxy groups -OCH3 is 1. The van der Waals surface area contributed by atoms with Crippen molar-refractivity contribution in [1.82, 2.24) is 0 Å². The van der Waals surface area contributed by atoms with E-state index in [1.165, 1.54) is 5.56 Å². The molecule has 0 saturated heterocycles. The minimum absolute atomic E-state index is 0.393. The molecule has 17 heavy (non-hydrogen) atoms. The number of terminal acetylenes is 1. The Balaban J connectivity index is 2.99. The first kappa shape index (κ1) is 13.4. The van der Waals surface area contributed by atoms with E-state index in [1.54, 1.807) is 7.11 Å². The number of ether oxygens (including phenoxy) is 2. The predicted octanol–water partition coefficient (Wildman–Crippen LogP) is 3.61. The van der Waals surface area contributed by atoms with Gasteiger partial charge in [0, 0.05) is 6.42 Å². The van der Waals surface area contributed by atoms with Gasteiger partial charge >= 0.3 is 0 Å². The second-order valence-electron chi connectivity index (χ2n) is 3.86. The van der Waals surface area contributed by atoms with Gasteiger partial charge in [0.1, 0.15) is 0 Å². The van der Waals surface area contributed by atoms with Crippen LogP contribution in [0.15, 0.2) is 18.2 Å². The Morgan fingerprint density at radius 2 is 2.06 bits per heavy atom. The maximum atomic E-state index is 5.49. The largest absolute Gasteiger partial charge is 0.493 e. The number of benzene rings is 1. The predicted molar refractivity (Wildman–Crippen MR) is 70.6 cm³/mol. The second kappa shape index (κ2) is 6.85. The highest BCUT2D eigenvalue weighted by molar-refractivity contribution is 5.44. The van der Waals surface area contributed by atoms with Gasteiger partial charge in [-0.2, -0.15) is 0 Å². The molecule has 0 saturated carbocycles. The first-order valence-electron chi connectivity index (χ1n) is 6.00. The third-order valence-corrected chi connectivity index (χ3v) is 2.82. The van der Waals surface area contributed by atoms with Crippen LogP contribution in [0.3, 0.4) is 0 Å². The maximum absolute atomic E-state index is 5.49. The molecule has 2 nitrogen and oxygen atoms in total. The summed E-state index contributed by atoms with van der Waals surface area (Å²) in [6, 6.07) is 6.05. The molecular weight excluding hydrogens is 212 g/mol. The van der Waals surface area contributed by atoms with Gasteiger partial charge in [0.15, 0.2) is 11.5 Å². The van der Waals surface area contributed by atoms with E-state index in [0.29, 0.717) is 12.5 Å². The topological polar surface area (TPSA) is 18.5 Å². The van der Waals surface area contributed by atoms with Crippen LogP contribution < -0.4 is 9.47 Å². The normalized spacial score (nSPS) is 11.6.